The van der Waals surface area contributed by atoms with Gasteiger partial charge in [0.05, 0.1) is 13.2 Å². The van der Waals surface area contributed by atoms with Crippen LogP contribution in [-0.4, -0.2) is 68.3 Å². The Balaban J connectivity index is 4.39. The molecular weight excluding hydrogens is 665 g/mol. The summed E-state index contributed by atoms with van der Waals surface area (Å²) in [7, 11) is -0.728. The van der Waals surface area contributed by atoms with Gasteiger partial charge in [-0.2, -0.15) is 0 Å². The second kappa shape index (κ2) is 36.3. The lowest BCUT2D eigenvalue weighted by atomic mass is 10.1. The van der Waals surface area contributed by atoms with Gasteiger partial charge < -0.3 is 19.3 Å². The molecule has 0 aliphatic carbocycles. The number of phosphoric ester groups is 1. The maximum Gasteiger partial charge on any atom is 0.472 e. The number of carbonyl (C=O) groups excluding carboxylic acids is 2. The minimum atomic E-state index is -4.36. The van der Waals surface area contributed by atoms with Gasteiger partial charge in [-0.15, -0.1) is 0 Å². The second-order valence-corrected chi connectivity index (χ2v) is 14.9. The maximum absolute atomic E-state index is 12.6. The van der Waals surface area contributed by atoms with Crippen LogP contribution in [-0.2, 0) is 32.7 Å². The summed E-state index contributed by atoms with van der Waals surface area (Å²) in [5, 5.41) is 0. The van der Waals surface area contributed by atoms with Crippen LogP contribution >= 0.6 is 7.82 Å². The van der Waals surface area contributed by atoms with Gasteiger partial charge >= 0.3 is 19.8 Å². The van der Waals surface area contributed by atoms with E-state index in [0.717, 1.165) is 89.9 Å². The Labute approximate surface area is 311 Å². The predicted octanol–water partition coefficient (Wildman–Crippen LogP) is 11.0. The van der Waals surface area contributed by atoms with E-state index < -0.39 is 26.5 Å². The van der Waals surface area contributed by atoms with Crippen molar-refractivity contribution in [1.29, 1.82) is 0 Å². The van der Waals surface area contributed by atoms with Gasteiger partial charge in [0, 0.05) is 19.4 Å². The number of hydrogen-bond acceptors (Lipinski definition) is 8. The summed E-state index contributed by atoms with van der Waals surface area (Å²) in [6.07, 6.45) is 38.7. The molecule has 0 heterocycles. The summed E-state index contributed by atoms with van der Waals surface area (Å²) in [4.78, 5) is 36.9. The fourth-order valence-electron chi connectivity index (χ4n) is 5.05. The van der Waals surface area contributed by atoms with Gasteiger partial charge in [-0.25, -0.2) is 4.57 Å². The molecule has 2 atom stereocenters. The Hall–Kier alpha value is -2.03. The van der Waals surface area contributed by atoms with Crippen molar-refractivity contribution < 1.29 is 37.6 Å². The van der Waals surface area contributed by atoms with Gasteiger partial charge in [-0.3, -0.25) is 18.6 Å². The highest BCUT2D eigenvalue weighted by atomic mass is 31.2. The first kappa shape index (κ1) is 49.0. The summed E-state index contributed by atoms with van der Waals surface area (Å²) in [6, 6.07) is 0. The smallest absolute Gasteiger partial charge is 0.462 e. The van der Waals surface area contributed by atoms with Crippen molar-refractivity contribution in [3.8, 4) is 0 Å². The van der Waals surface area contributed by atoms with Gasteiger partial charge in [0.15, 0.2) is 6.10 Å². The maximum atomic E-state index is 12.6. The number of carbonyl (C=O) groups is 2. The zero-order valence-corrected chi connectivity index (χ0v) is 33.7. The highest BCUT2D eigenvalue weighted by Crippen LogP contribution is 2.43. The minimum Gasteiger partial charge on any atom is -0.462 e. The molecular formula is C41H74NO8P. The highest BCUT2D eigenvalue weighted by molar-refractivity contribution is 7.47. The van der Waals surface area contributed by atoms with Crippen LogP contribution < -0.4 is 0 Å². The zero-order chi connectivity index (χ0) is 37.7. The number of allylic oxidation sites excluding steroid dienone is 8. The fraction of sp³-hybridized carbons (Fsp3) is 0.756. The van der Waals surface area contributed by atoms with E-state index in [1.165, 1.54) is 32.1 Å². The molecule has 0 aromatic heterocycles. The predicted molar refractivity (Wildman–Crippen MR) is 211 cm³/mol. The minimum absolute atomic E-state index is 0.000867. The molecule has 0 radical (unpaired) electrons. The Morgan fingerprint density at radius 1 is 0.627 bits per heavy atom. The number of likely N-dealkylation sites (N-methyl/N-ethyl adjacent to an activating group) is 1. The summed E-state index contributed by atoms with van der Waals surface area (Å²) >= 11 is 0. The normalized spacial score (nSPS) is 14.0. The van der Waals surface area contributed by atoms with E-state index in [9.17, 15) is 19.0 Å². The van der Waals surface area contributed by atoms with Gasteiger partial charge in [-0.1, -0.05) is 120 Å². The topological polar surface area (TPSA) is 112 Å². The molecule has 0 saturated heterocycles. The Kier molecular flexibility index (Phi) is 34.9. The van der Waals surface area contributed by atoms with Crippen LogP contribution in [0, 0.1) is 0 Å². The quantitative estimate of drug-likeness (QED) is 0.0290. The van der Waals surface area contributed by atoms with Crippen molar-refractivity contribution in [3.63, 3.8) is 0 Å². The number of esters is 2. The van der Waals surface area contributed by atoms with Gasteiger partial charge in [0.2, 0.25) is 0 Å². The fourth-order valence-corrected chi connectivity index (χ4v) is 5.79. The summed E-state index contributed by atoms with van der Waals surface area (Å²) in [6.45, 7) is 4.15. The molecule has 0 aromatic rings. The summed E-state index contributed by atoms with van der Waals surface area (Å²) in [5.74, 6) is -0.837. The molecule has 9 nitrogen and oxygen atoms in total. The number of hydrogen-bond donors (Lipinski definition) is 1. The van der Waals surface area contributed by atoms with Crippen LogP contribution in [0.1, 0.15) is 155 Å². The van der Waals surface area contributed by atoms with E-state index in [1.807, 2.05) is 19.0 Å². The molecule has 0 amide bonds. The van der Waals surface area contributed by atoms with E-state index >= 15 is 0 Å². The number of rotatable bonds is 36. The number of ether oxygens (including phenoxy) is 2. The standard InChI is InChI=1S/C41H74NO8P/c1-5-7-9-11-13-15-17-19-20-22-24-26-28-30-32-34-41(44)50-39(38-49-51(45,46)48-36-35-42(3)4)37-47-40(43)33-31-29-27-25-23-21-18-16-14-12-10-8-6-2/h7,9,13,15-16,18-20,39H,5-6,8,10-12,14,17,21-38H2,1-4H3,(H,45,46)/b9-7-,15-13-,18-16-,20-19-. The third kappa shape index (κ3) is 37.5. The van der Waals surface area contributed by atoms with Crippen LogP contribution in [0.25, 0.3) is 0 Å². The lowest BCUT2D eigenvalue weighted by Gasteiger charge is -2.20. The van der Waals surface area contributed by atoms with Crippen LogP contribution in [0.3, 0.4) is 0 Å². The molecule has 2 unspecified atom stereocenters. The third-order valence-corrected chi connectivity index (χ3v) is 9.10. The monoisotopic (exact) mass is 740 g/mol. The van der Waals surface area contributed by atoms with Crippen molar-refractivity contribution in [1.82, 2.24) is 4.90 Å². The van der Waals surface area contributed by atoms with E-state index in [2.05, 4.69) is 62.5 Å². The molecule has 0 fully saturated rings. The molecule has 0 bridgehead atoms. The molecule has 296 valence electrons. The van der Waals surface area contributed by atoms with Crippen molar-refractivity contribution in [3.05, 3.63) is 48.6 Å². The molecule has 1 N–H and O–H groups in total. The first-order valence-electron chi connectivity index (χ1n) is 19.9. The molecule has 51 heavy (non-hydrogen) atoms. The van der Waals surface area contributed by atoms with E-state index in [-0.39, 0.29) is 32.0 Å². The molecule has 0 aliphatic rings. The highest BCUT2D eigenvalue weighted by Gasteiger charge is 2.26. The Bertz CT molecular complexity index is 994. The average Bonchev–Trinajstić information content (AvgIpc) is 3.09. The van der Waals surface area contributed by atoms with E-state index in [0.29, 0.717) is 13.0 Å². The summed E-state index contributed by atoms with van der Waals surface area (Å²) in [5.41, 5.74) is 0. The van der Waals surface area contributed by atoms with Crippen molar-refractivity contribution in [2.24, 2.45) is 0 Å². The SMILES string of the molecule is CC/C=C\C/C=C\C/C=C\CCCCCCCC(=O)OC(COC(=O)CCCCCCC/C=C\CCCCCC)COP(=O)(O)OCCN(C)C. The van der Waals surface area contributed by atoms with Crippen molar-refractivity contribution in [2.45, 2.75) is 161 Å². The Morgan fingerprint density at radius 2 is 1.12 bits per heavy atom. The van der Waals surface area contributed by atoms with Gasteiger partial charge in [0.1, 0.15) is 6.61 Å². The van der Waals surface area contributed by atoms with Crippen LogP contribution in [0.2, 0.25) is 0 Å². The molecule has 0 saturated carbocycles. The first-order chi connectivity index (χ1) is 24.7. The van der Waals surface area contributed by atoms with E-state index in [1.54, 1.807) is 0 Å². The van der Waals surface area contributed by atoms with Crippen molar-refractivity contribution >= 4 is 19.8 Å². The average molecular weight is 740 g/mol. The van der Waals surface area contributed by atoms with Crippen LogP contribution in [0.15, 0.2) is 48.6 Å². The molecule has 0 rings (SSSR count). The number of phosphoric acid groups is 1. The largest absolute Gasteiger partial charge is 0.472 e. The zero-order valence-electron chi connectivity index (χ0n) is 32.8. The van der Waals surface area contributed by atoms with Gasteiger partial charge in [-0.05, 0) is 84.7 Å². The number of unbranched alkanes of at least 4 members (excludes halogenated alkanes) is 14. The number of nitrogens with zero attached hydrogens (tertiary/aromatic N) is 1. The third-order valence-electron chi connectivity index (χ3n) is 8.12. The lowest BCUT2D eigenvalue weighted by molar-refractivity contribution is -0.161. The first-order valence-corrected chi connectivity index (χ1v) is 21.4. The van der Waals surface area contributed by atoms with Crippen LogP contribution in [0.4, 0.5) is 0 Å². The molecule has 0 aliphatic heterocycles. The van der Waals surface area contributed by atoms with Gasteiger partial charge in [0.25, 0.3) is 0 Å². The molecule has 0 aromatic carbocycles. The molecule has 0 spiro atoms. The molecule has 10 heteroatoms. The van der Waals surface area contributed by atoms with E-state index in [4.69, 9.17) is 18.5 Å². The van der Waals surface area contributed by atoms with Crippen molar-refractivity contribution in [2.75, 3.05) is 40.5 Å². The Morgan fingerprint density at radius 3 is 1.69 bits per heavy atom. The summed E-state index contributed by atoms with van der Waals surface area (Å²) < 4.78 is 33.3. The second-order valence-electron chi connectivity index (χ2n) is 13.4. The lowest BCUT2D eigenvalue weighted by Crippen LogP contribution is -2.29. The van der Waals surface area contributed by atoms with Crippen LogP contribution in [0.5, 0.6) is 0 Å².